The summed E-state index contributed by atoms with van der Waals surface area (Å²) in [6.07, 6.45) is 2.88. The molecule has 1 amide bonds. The molecule has 1 heterocycles. The van der Waals surface area contributed by atoms with Gasteiger partial charge in [-0.25, -0.2) is 0 Å². The Kier molecular flexibility index (Phi) is 4.79. The molecule has 0 saturated heterocycles. The summed E-state index contributed by atoms with van der Waals surface area (Å²) in [5.74, 6) is -0.414. The van der Waals surface area contributed by atoms with Crippen LogP contribution in [0.1, 0.15) is 10.4 Å². The van der Waals surface area contributed by atoms with Crippen LogP contribution in [0.4, 0.5) is 5.95 Å². The van der Waals surface area contributed by atoms with E-state index in [0.717, 1.165) is 3.27 Å². The molecule has 7 nitrogen and oxygen atoms in total. The Morgan fingerprint density at radius 1 is 1.50 bits per heavy atom. The first-order valence-electron chi connectivity index (χ1n) is 5.77. The Hall–Kier alpha value is -1.82. The van der Waals surface area contributed by atoms with E-state index in [1.165, 1.54) is 41.7 Å². The van der Waals surface area contributed by atoms with Gasteiger partial charge < -0.3 is 0 Å². The second kappa shape index (κ2) is 6.56. The Morgan fingerprint density at radius 2 is 2.30 bits per heavy atom. The van der Waals surface area contributed by atoms with Crippen LogP contribution in [-0.2, 0) is 6.54 Å². The van der Waals surface area contributed by atoms with Crippen LogP contribution in [0.25, 0.3) is 0 Å². The molecule has 0 radical (unpaired) electrons. The number of nitrogens with one attached hydrogen (secondary N) is 1. The first-order valence-corrected chi connectivity index (χ1v) is 7.24. The molecule has 2 aromatic rings. The minimum atomic E-state index is -0.551. The molecule has 2 rings (SSSR count). The van der Waals surface area contributed by atoms with E-state index < -0.39 is 4.92 Å². The number of hydrogen-bond donors (Lipinski definition) is 1. The van der Waals surface area contributed by atoms with Crippen molar-refractivity contribution in [2.45, 2.75) is 6.54 Å². The SMILES string of the molecule is O=C(NCCn1ccnc1[N+](=O)[O-])c1cccc([211At])c1. The average Bonchev–Trinajstić information content (AvgIpc) is 2.87. The summed E-state index contributed by atoms with van der Waals surface area (Å²) in [7, 11) is 0. The molecule has 0 unspecified atom stereocenters. The molecule has 8 heteroatoms. The van der Waals surface area contributed by atoms with Crippen LogP contribution in [0.2, 0.25) is 0 Å². The molecule has 0 saturated carbocycles. The molecule has 1 aromatic heterocycles. The molecule has 0 aliphatic carbocycles. The van der Waals surface area contributed by atoms with Crippen molar-refractivity contribution in [3.8, 4) is 0 Å². The Morgan fingerprint density at radius 3 is 3.00 bits per heavy atom. The maximum absolute atomic E-state index is 11.9. The number of imidazole rings is 1. The molecule has 0 aliphatic rings. The van der Waals surface area contributed by atoms with Crippen molar-refractivity contribution in [2.24, 2.45) is 0 Å². The van der Waals surface area contributed by atoms with E-state index in [1.54, 1.807) is 6.07 Å². The summed E-state index contributed by atoms with van der Waals surface area (Å²) >= 11 is 1.50. The molecule has 0 bridgehead atoms. The van der Waals surface area contributed by atoms with Gasteiger partial charge in [0.1, 0.15) is 0 Å². The molecule has 0 atom stereocenters. The number of aromatic nitrogens is 2. The van der Waals surface area contributed by atoms with Gasteiger partial charge in [0.05, 0.1) is 0 Å². The number of carbonyl (C=O) groups is 1. The first kappa shape index (κ1) is 14.6. The van der Waals surface area contributed by atoms with Crippen LogP contribution in [0.3, 0.4) is 0 Å². The van der Waals surface area contributed by atoms with Gasteiger partial charge in [0.25, 0.3) is 0 Å². The maximum atomic E-state index is 11.9. The number of nitro groups is 1. The second-order valence-electron chi connectivity index (χ2n) is 3.94. The summed E-state index contributed by atoms with van der Waals surface area (Å²) in [5.41, 5.74) is 0.588. The summed E-state index contributed by atoms with van der Waals surface area (Å²) in [4.78, 5) is 25.6. The van der Waals surface area contributed by atoms with Gasteiger partial charge in [-0.2, -0.15) is 0 Å². The van der Waals surface area contributed by atoms with Crippen LogP contribution in [0, 0.1) is 34.8 Å². The van der Waals surface area contributed by atoms with Gasteiger partial charge in [0, 0.05) is 0 Å². The van der Waals surface area contributed by atoms with E-state index >= 15 is 0 Å². The quantitative estimate of drug-likeness (QED) is 0.506. The molecular weight excluding hydrogens is 459 g/mol. The zero-order valence-electron chi connectivity index (χ0n) is 10.3. The van der Waals surface area contributed by atoms with Crippen LogP contribution in [0.15, 0.2) is 36.7 Å². The third kappa shape index (κ3) is 3.60. The Bertz CT molecular complexity index is 641. The predicted octanol–water partition coefficient (Wildman–Crippen LogP) is 0.396. The number of carbonyl (C=O) groups excluding carboxylic acids is 1. The van der Waals surface area contributed by atoms with Crippen LogP contribution in [-0.4, -0.2) is 26.9 Å². The monoisotopic (exact) mass is 470 g/mol. The fraction of sp³-hybridized carbons (Fsp3) is 0.167. The zero-order valence-corrected chi connectivity index (χ0v) is 13.3. The van der Waals surface area contributed by atoms with Gasteiger partial charge in [-0.15, -0.1) is 0 Å². The van der Waals surface area contributed by atoms with Gasteiger partial charge in [0.2, 0.25) is 0 Å². The van der Waals surface area contributed by atoms with Gasteiger partial charge in [-0.3, -0.25) is 0 Å². The minimum absolute atomic E-state index is 0.189. The van der Waals surface area contributed by atoms with Crippen LogP contribution < -0.4 is 8.59 Å². The fourth-order valence-corrected chi connectivity index (χ4v) is 2.41. The van der Waals surface area contributed by atoms with Gasteiger partial charge in [-0.05, 0) is 0 Å². The molecule has 0 spiro atoms. The number of rotatable bonds is 5. The van der Waals surface area contributed by atoms with Crippen molar-refractivity contribution in [1.82, 2.24) is 14.9 Å². The average molecular weight is 470 g/mol. The Balaban J connectivity index is 1.91. The van der Waals surface area contributed by atoms with E-state index in [1.807, 2.05) is 18.2 Å². The predicted molar refractivity (Wildman–Crippen MR) is 67.3 cm³/mol. The topological polar surface area (TPSA) is 90.1 Å². The van der Waals surface area contributed by atoms with Crippen molar-refractivity contribution >= 4 is 15.1 Å². The third-order valence-corrected chi connectivity index (χ3v) is 3.50. The van der Waals surface area contributed by atoms with Crippen molar-refractivity contribution < 1.29 is 34.4 Å². The molecule has 20 heavy (non-hydrogen) atoms. The normalized spacial score (nSPS) is 10.2. The van der Waals surface area contributed by atoms with Crippen molar-refractivity contribution in [3.05, 3.63) is 52.3 Å². The van der Waals surface area contributed by atoms with Crippen molar-refractivity contribution in [2.75, 3.05) is 6.54 Å². The van der Waals surface area contributed by atoms with E-state index in [0.29, 0.717) is 18.7 Å². The van der Waals surface area contributed by atoms with E-state index in [9.17, 15) is 14.9 Å². The van der Waals surface area contributed by atoms with Crippen molar-refractivity contribution in [1.29, 1.82) is 0 Å². The van der Waals surface area contributed by atoms with E-state index in [2.05, 4.69) is 10.3 Å². The van der Waals surface area contributed by atoms with Gasteiger partial charge in [0.15, 0.2) is 0 Å². The van der Waals surface area contributed by atoms with Gasteiger partial charge >= 0.3 is 130 Å². The first-order chi connectivity index (χ1) is 9.58. The summed E-state index contributed by atoms with van der Waals surface area (Å²) in [6, 6.07) is 7.30. The van der Waals surface area contributed by atoms with E-state index in [4.69, 9.17) is 0 Å². The molecule has 1 N–H and O–H groups in total. The van der Waals surface area contributed by atoms with Crippen molar-refractivity contribution in [3.63, 3.8) is 0 Å². The Labute approximate surface area is 130 Å². The third-order valence-electron chi connectivity index (χ3n) is 2.58. The molecule has 104 valence electrons. The van der Waals surface area contributed by atoms with Crippen LogP contribution >= 0.6 is 0 Å². The van der Waals surface area contributed by atoms with E-state index in [-0.39, 0.29) is 11.9 Å². The second-order valence-corrected chi connectivity index (χ2v) is 5.64. The standard InChI is InChI=1S/C12H11AtN4O3/c13-10-3-1-2-9(8-10)11(18)14-4-6-16-7-5-15-12(16)17(19)20/h1-3,5,7-8H,4,6H2,(H,14,18)/i13+1. The molecular formula is C12H11AtN4O3. The van der Waals surface area contributed by atoms with Crippen LogP contribution in [0.5, 0.6) is 0 Å². The molecule has 0 aliphatic heterocycles. The molecule has 1 aromatic carbocycles. The summed E-state index contributed by atoms with van der Waals surface area (Å²) < 4.78 is 2.45. The number of nitrogens with zero attached hydrogens (tertiary/aromatic N) is 3. The summed E-state index contributed by atoms with van der Waals surface area (Å²) in [6.45, 7) is 0.603. The fourth-order valence-electron chi connectivity index (χ4n) is 1.67. The van der Waals surface area contributed by atoms with Gasteiger partial charge in [-0.1, -0.05) is 0 Å². The number of benzene rings is 1. The number of amides is 1. The zero-order chi connectivity index (χ0) is 14.5. The molecule has 0 fully saturated rings. The summed E-state index contributed by atoms with van der Waals surface area (Å²) in [5, 5.41) is 13.4. The number of hydrogen-bond acceptors (Lipinski definition) is 4.